The summed E-state index contributed by atoms with van der Waals surface area (Å²) in [6.07, 6.45) is 0. The number of rotatable bonds is 4. The molecule has 0 amide bonds. The van der Waals surface area contributed by atoms with Crippen molar-refractivity contribution < 1.29 is 4.74 Å². The molecule has 0 aliphatic heterocycles. The molecule has 0 heterocycles. The van der Waals surface area contributed by atoms with E-state index >= 15 is 0 Å². The standard InChI is InChI=1S/C19H21NOSe.Li/c1-13(2)18(16-11-6-5-7-12-16)21-19(22)20-17-14(3)9-8-10-15(17)4;/h5-12H,1-4H3,(H,20,22);/q;+1/p-1. The summed E-state index contributed by atoms with van der Waals surface area (Å²) in [5, 5.41) is 0. The Morgan fingerprint density at radius 3 is 2.09 bits per heavy atom. The topological polar surface area (TPSA) is 21.6 Å². The second kappa shape index (κ2) is 8.57. The minimum absolute atomic E-state index is 0.171. The van der Waals surface area contributed by atoms with Gasteiger partial charge >= 0.3 is 153 Å². The number of hydrogen-bond acceptors (Lipinski definition) is 2. The van der Waals surface area contributed by atoms with Crippen molar-refractivity contribution in [3.63, 3.8) is 0 Å². The molecule has 0 aliphatic rings. The van der Waals surface area contributed by atoms with Crippen LogP contribution in [0.5, 0.6) is 0 Å². The van der Waals surface area contributed by atoms with E-state index < -0.39 is 0 Å². The van der Waals surface area contributed by atoms with Crippen molar-refractivity contribution in [1.29, 1.82) is 0 Å². The van der Waals surface area contributed by atoms with E-state index in [1.807, 2.05) is 18.2 Å². The SMILES string of the molecule is [Li][Se]C(=Nc1c(C)cccc1C)OC(=C(C)C)c1ccccc1. The van der Waals surface area contributed by atoms with Gasteiger partial charge < -0.3 is 0 Å². The van der Waals surface area contributed by atoms with Gasteiger partial charge in [-0.05, 0) is 0 Å². The molecule has 2 nitrogen and oxygen atoms in total. The van der Waals surface area contributed by atoms with E-state index in [1.54, 1.807) is 0 Å². The van der Waals surface area contributed by atoms with Crippen molar-refractivity contribution in [3.05, 3.63) is 70.8 Å². The van der Waals surface area contributed by atoms with Gasteiger partial charge in [-0.1, -0.05) is 0 Å². The van der Waals surface area contributed by atoms with Gasteiger partial charge in [0, 0.05) is 0 Å². The Kier molecular flexibility index (Phi) is 6.75. The third-order valence-electron chi connectivity index (χ3n) is 3.50. The number of hydrogen-bond donors (Lipinski definition) is 0. The monoisotopic (exact) mass is 365 g/mol. The van der Waals surface area contributed by atoms with Gasteiger partial charge in [0.25, 0.3) is 0 Å². The summed E-state index contributed by atoms with van der Waals surface area (Å²) in [4.78, 5) is 5.61. The summed E-state index contributed by atoms with van der Waals surface area (Å²) >= 11 is 2.30. The van der Waals surface area contributed by atoms with Gasteiger partial charge in [0.05, 0.1) is 0 Å². The minimum atomic E-state index is 0.171. The zero-order valence-electron chi connectivity index (χ0n) is 14.4. The van der Waals surface area contributed by atoms with Crippen molar-refractivity contribution >= 4 is 44.8 Å². The van der Waals surface area contributed by atoms with Crippen molar-refractivity contribution in [2.45, 2.75) is 27.7 Å². The van der Waals surface area contributed by atoms with Gasteiger partial charge in [-0.15, -0.1) is 0 Å². The first kappa shape index (κ1) is 18.1. The third kappa shape index (κ3) is 4.87. The van der Waals surface area contributed by atoms with Crippen LogP contribution in [0.25, 0.3) is 5.76 Å². The molecule has 0 spiro atoms. The van der Waals surface area contributed by atoms with E-state index in [2.05, 4.69) is 73.8 Å². The third-order valence-corrected chi connectivity index (χ3v) is 4.60. The first-order chi connectivity index (χ1) is 11.0. The molecular formula is C19H20LiNOSe. The van der Waals surface area contributed by atoms with Crippen LogP contribution in [0.4, 0.5) is 5.69 Å². The molecule has 0 saturated carbocycles. The van der Waals surface area contributed by atoms with Crippen LogP contribution in [0, 0.1) is 13.8 Å². The van der Waals surface area contributed by atoms with Crippen LogP contribution in [0.1, 0.15) is 30.5 Å². The van der Waals surface area contributed by atoms with E-state index in [-0.39, 0.29) is 12.8 Å². The normalized spacial score (nSPS) is 11.3. The number of ether oxygens (including phenoxy) is 1. The fourth-order valence-corrected chi connectivity index (χ4v) is 3.04. The van der Waals surface area contributed by atoms with E-state index in [0.717, 1.165) is 27.4 Å². The van der Waals surface area contributed by atoms with E-state index in [1.165, 1.54) is 11.1 Å². The Balaban J connectivity index is 2.38. The summed E-state index contributed by atoms with van der Waals surface area (Å²) < 4.78 is 6.22. The molecule has 2 rings (SSSR count). The summed E-state index contributed by atoms with van der Waals surface area (Å²) in [6, 6.07) is 16.5. The second-order valence-corrected chi connectivity index (χ2v) is 7.21. The number of aryl methyl sites for hydroxylation is 2. The fraction of sp³-hybridized carbons (Fsp3) is 0.211. The fourth-order valence-electron chi connectivity index (χ4n) is 2.31. The molecular weight excluding hydrogens is 344 g/mol. The predicted molar refractivity (Wildman–Crippen MR) is 100 cm³/mol. The van der Waals surface area contributed by atoms with Crippen LogP contribution < -0.4 is 0 Å². The van der Waals surface area contributed by atoms with Gasteiger partial charge in [0.15, 0.2) is 0 Å². The molecule has 0 fully saturated rings. The second-order valence-electron chi connectivity index (χ2n) is 5.62. The van der Waals surface area contributed by atoms with Crippen LogP contribution in [0.2, 0.25) is 0 Å². The molecule has 0 saturated heterocycles. The molecule has 114 valence electrons. The zero-order valence-corrected chi connectivity index (χ0v) is 16.1. The average Bonchev–Trinajstić information content (AvgIpc) is 2.54. The quantitative estimate of drug-likeness (QED) is 0.338. The molecule has 0 atom stereocenters. The summed E-state index contributed by atoms with van der Waals surface area (Å²) in [5.41, 5.74) is 5.61. The van der Waals surface area contributed by atoms with E-state index in [9.17, 15) is 0 Å². The van der Waals surface area contributed by atoms with Crippen LogP contribution in [0.15, 0.2) is 59.1 Å². The van der Waals surface area contributed by atoms with Crippen molar-refractivity contribution in [2.24, 2.45) is 4.99 Å². The summed E-state index contributed by atoms with van der Waals surface area (Å²) in [5.74, 6) is 0.902. The first-order valence-electron chi connectivity index (χ1n) is 7.62. The van der Waals surface area contributed by atoms with Crippen molar-refractivity contribution in [1.82, 2.24) is 0 Å². The van der Waals surface area contributed by atoms with Crippen LogP contribution in [-0.4, -0.2) is 33.3 Å². The Bertz CT molecular complexity index is 714. The zero-order chi connectivity index (χ0) is 16.8. The number of aliphatic imine (C=N–C) groups is 1. The first-order valence-corrected chi connectivity index (χ1v) is 10.2. The molecule has 2 aromatic rings. The predicted octanol–water partition coefficient (Wildman–Crippen LogP) is 4.55. The van der Waals surface area contributed by atoms with Gasteiger partial charge in [0.1, 0.15) is 0 Å². The van der Waals surface area contributed by atoms with Crippen molar-refractivity contribution in [3.8, 4) is 0 Å². The molecule has 0 N–H and O–H groups in total. The molecule has 0 unspecified atom stereocenters. The summed E-state index contributed by atoms with van der Waals surface area (Å²) in [6.45, 7) is 8.32. The number of para-hydroxylation sites is 1. The molecule has 0 aromatic heterocycles. The average molecular weight is 364 g/mol. The van der Waals surface area contributed by atoms with Gasteiger partial charge in [-0.2, -0.15) is 0 Å². The Hall–Kier alpha value is -1.23. The van der Waals surface area contributed by atoms with Crippen LogP contribution >= 0.6 is 0 Å². The Morgan fingerprint density at radius 2 is 1.57 bits per heavy atom. The van der Waals surface area contributed by atoms with E-state index in [0.29, 0.717) is 0 Å². The summed E-state index contributed by atoms with van der Waals surface area (Å²) in [7, 11) is 0. The molecule has 0 radical (unpaired) electrons. The van der Waals surface area contributed by atoms with Gasteiger partial charge in [-0.3, -0.25) is 0 Å². The number of allylic oxidation sites excluding steroid dienone is 1. The maximum absolute atomic E-state index is 6.22. The Morgan fingerprint density at radius 1 is 0.957 bits per heavy atom. The molecule has 2 aromatic carbocycles. The van der Waals surface area contributed by atoms with Gasteiger partial charge in [0.2, 0.25) is 0 Å². The number of nitrogens with zero attached hydrogens (tertiary/aromatic N) is 1. The maximum atomic E-state index is 6.22. The van der Waals surface area contributed by atoms with Crippen molar-refractivity contribution in [2.75, 3.05) is 0 Å². The molecule has 23 heavy (non-hydrogen) atoms. The Labute approximate surface area is 152 Å². The van der Waals surface area contributed by atoms with Gasteiger partial charge in [-0.25, -0.2) is 0 Å². The van der Waals surface area contributed by atoms with Crippen LogP contribution in [0.3, 0.4) is 0 Å². The van der Waals surface area contributed by atoms with E-state index in [4.69, 9.17) is 9.73 Å². The molecule has 0 bridgehead atoms. The molecule has 4 heteroatoms. The number of benzene rings is 2. The van der Waals surface area contributed by atoms with Crippen LogP contribution in [-0.2, 0) is 4.74 Å². The molecule has 0 aliphatic carbocycles.